The normalized spacial score (nSPS) is 10.5. The van der Waals surface area contributed by atoms with Gasteiger partial charge in [-0.05, 0) is 47.0 Å². The van der Waals surface area contributed by atoms with Gasteiger partial charge in [-0.3, -0.25) is 0 Å². The van der Waals surface area contributed by atoms with E-state index in [1.165, 1.54) is 0 Å². The van der Waals surface area contributed by atoms with E-state index in [2.05, 4.69) is 23.5 Å². The lowest BCUT2D eigenvalue weighted by atomic mass is 9.98. The molecule has 0 bridgehead atoms. The number of nitrogen functional groups attached to an aromatic ring is 2. The van der Waals surface area contributed by atoms with Crippen LogP contribution in [0, 0.1) is 0 Å². The van der Waals surface area contributed by atoms with Crippen LogP contribution in [-0.4, -0.2) is 18.3 Å². The van der Waals surface area contributed by atoms with E-state index < -0.39 is 0 Å². The van der Waals surface area contributed by atoms with Crippen LogP contribution in [0.25, 0.3) is 22.3 Å². The fraction of sp³-hybridized carbons (Fsp3) is 0.100. The molecule has 3 rings (SSSR count). The minimum Gasteiger partial charge on any atom is -0.399 e. The summed E-state index contributed by atoms with van der Waals surface area (Å²) in [5.74, 6) is 0. The maximum absolute atomic E-state index is 9.15. The number of hydrogen-bond donors (Lipinski definition) is 4. The third kappa shape index (κ3) is 3.50. The molecule has 0 aliphatic heterocycles. The summed E-state index contributed by atoms with van der Waals surface area (Å²) in [6.45, 7) is 0.570. The van der Waals surface area contributed by atoms with Gasteiger partial charge in [-0.25, -0.2) is 0 Å². The summed E-state index contributed by atoms with van der Waals surface area (Å²) < 4.78 is 0. The van der Waals surface area contributed by atoms with Gasteiger partial charge >= 0.3 is 0 Å². The summed E-state index contributed by atoms with van der Waals surface area (Å²) in [5, 5.41) is 12.4. The smallest absolute Gasteiger partial charge is 0.0604 e. The Morgan fingerprint density at radius 2 is 1.25 bits per heavy atom. The lowest BCUT2D eigenvalue weighted by Crippen LogP contribution is -2.06. The van der Waals surface area contributed by atoms with E-state index in [4.69, 9.17) is 16.6 Å². The molecule has 24 heavy (non-hydrogen) atoms. The largest absolute Gasteiger partial charge is 0.399 e. The molecule has 0 saturated carbocycles. The van der Waals surface area contributed by atoms with Gasteiger partial charge in [0.15, 0.2) is 0 Å². The summed E-state index contributed by atoms with van der Waals surface area (Å²) in [6, 6.07) is 21.8. The Morgan fingerprint density at radius 3 is 1.83 bits per heavy atom. The van der Waals surface area contributed by atoms with E-state index in [9.17, 15) is 0 Å². The van der Waals surface area contributed by atoms with Crippen LogP contribution in [0.3, 0.4) is 0 Å². The van der Waals surface area contributed by atoms with E-state index in [1.54, 1.807) is 0 Å². The first-order chi connectivity index (χ1) is 11.7. The van der Waals surface area contributed by atoms with Crippen LogP contribution in [0.1, 0.15) is 0 Å². The van der Waals surface area contributed by atoms with Gasteiger partial charge < -0.3 is 21.9 Å². The van der Waals surface area contributed by atoms with E-state index in [-0.39, 0.29) is 6.61 Å². The van der Waals surface area contributed by atoms with Crippen molar-refractivity contribution in [2.75, 3.05) is 29.9 Å². The summed E-state index contributed by atoms with van der Waals surface area (Å²) in [6.07, 6.45) is 0. The molecule has 4 heteroatoms. The Hall–Kier alpha value is -2.98. The molecule has 0 saturated heterocycles. The SMILES string of the molecule is Nc1ccc(-c2ccc(-c3ccc(N)cc3)c(NCCO)c2)cc1. The molecule has 0 aliphatic carbocycles. The van der Waals surface area contributed by atoms with Crippen molar-refractivity contribution in [3.05, 3.63) is 66.7 Å². The van der Waals surface area contributed by atoms with Gasteiger partial charge in [0.25, 0.3) is 0 Å². The summed E-state index contributed by atoms with van der Waals surface area (Å²) in [7, 11) is 0. The summed E-state index contributed by atoms with van der Waals surface area (Å²) in [5.41, 5.74) is 18.3. The molecule has 6 N–H and O–H groups in total. The van der Waals surface area contributed by atoms with Gasteiger partial charge in [0, 0.05) is 29.2 Å². The van der Waals surface area contributed by atoms with Crippen molar-refractivity contribution in [2.45, 2.75) is 0 Å². The summed E-state index contributed by atoms with van der Waals surface area (Å²) in [4.78, 5) is 0. The second-order valence-corrected chi connectivity index (χ2v) is 5.65. The first-order valence-electron chi connectivity index (χ1n) is 7.88. The minimum absolute atomic E-state index is 0.0767. The molecular formula is C20H21N3O. The van der Waals surface area contributed by atoms with Crippen molar-refractivity contribution in [3.8, 4) is 22.3 Å². The van der Waals surface area contributed by atoms with Gasteiger partial charge in [-0.2, -0.15) is 0 Å². The molecule has 0 heterocycles. The van der Waals surface area contributed by atoms with Crippen molar-refractivity contribution < 1.29 is 5.11 Å². The van der Waals surface area contributed by atoms with Crippen molar-refractivity contribution in [3.63, 3.8) is 0 Å². The molecule has 0 aromatic heterocycles. The van der Waals surface area contributed by atoms with Gasteiger partial charge in [-0.15, -0.1) is 0 Å². The average molecular weight is 319 g/mol. The molecule has 0 aliphatic rings. The van der Waals surface area contributed by atoms with Crippen molar-refractivity contribution in [1.82, 2.24) is 0 Å². The maximum atomic E-state index is 9.15. The molecule has 0 radical (unpaired) electrons. The fourth-order valence-corrected chi connectivity index (χ4v) is 2.65. The highest BCUT2D eigenvalue weighted by molar-refractivity contribution is 5.83. The number of aliphatic hydroxyl groups is 1. The van der Waals surface area contributed by atoms with Crippen LogP contribution in [0.15, 0.2) is 66.7 Å². The number of rotatable bonds is 5. The minimum atomic E-state index is 0.0767. The van der Waals surface area contributed by atoms with Crippen LogP contribution in [0.5, 0.6) is 0 Å². The quantitative estimate of drug-likeness (QED) is 0.542. The third-order valence-corrected chi connectivity index (χ3v) is 3.91. The molecule has 122 valence electrons. The molecule has 4 nitrogen and oxygen atoms in total. The number of aliphatic hydroxyl groups excluding tert-OH is 1. The first-order valence-corrected chi connectivity index (χ1v) is 7.88. The van der Waals surface area contributed by atoms with Gasteiger partial charge in [0.1, 0.15) is 0 Å². The summed E-state index contributed by atoms with van der Waals surface area (Å²) >= 11 is 0. The van der Waals surface area contributed by atoms with E-state index >= 15 is 0 Å². The predicted octanol–water partition coefficient (Wildman–Crippen LogP) is 3.59. The second-order valence-electron chi connectivity index (χ2n) is 5.65. The van der Waals surface area contributed by atoms with Crippen LogP contribution in [0.2, 0.25) is 0 Å². The Bertz CT molecular complexity index is 811. The number of anilines is 3. The third-order valence-electron chi connectivity index (χ3n) is 3.91. The zero-order valence-corrected chi connectivity index (χ0v) is 13.4. The highest BCUT2D eigenvalue weighted by atomic mass is 16.3. The van der Waals surface area contributed by atoms with Gasteiger partial charge in [-0.1, -0.05) is 36.4 Å². The van der Waals surface area contributed by atoms with Crippen molar-refractivity contribution in [2.24, 2.45) is 0 Å². The van der Waals surface area contributed by atoms with Crippen LogP contribution in [-0.2, 0) is 0 Å². The number of hydrogen-bond acceptors (Lipinski definition) is 4. The standard InChI is InChI=1S/C20H21N3O/c21-17-6-1-14(2-7-17)16-5-10-19(20(13-16)23-11-12-24)15-3-8-18(22)9-4-15/h1-10,13,23-24H,11-12,21-22H2. The monoisotopic (exact) mass is 319 g/mol. The Kier molecular flexibility index (Phi) is 4.68. The van der Waals surface area contributed by atoms with Crippen LogP contribution in [0.4, 0.5) is 17.1 Å². The van der Waals surface area contributed by atoms with E-state index in [0.717, 1.165) is 39.3 Å². The molecule has 0 amide bonds. The van der Waals surface area contributed by atoms with Crippen LogP contribution >= 0.6 is 0 Å². The molecular weight excluding hydrogens is 298 g/mol. The van der Waals surface area contributed by atoms with Gasteiger partial charge in [0.05, 0.1) is 6.61 Å². The molecule has 3 aromatic rings. The van der Waals surface area contributed by atoms with E-state index in [1.807, 2.05) is 48.5 Å². The Balaban J connectivity index is 2.02. The Morgan fingerprint density at radius 1 is 0.708 bits per heavy atom. The lowest BCUT2D eigenvalue weighted by Gasteiger charge is -2.14. The molecule has 0 unspecified atom stereocenters. The number of nitrogens with two attached hydrogens (primary N) is 2. The highest BCUT2D eigenvalue weighted by Gasteiger charge is 2.08. The highest BCUT2D eigenvalue weighted by Crippen LogP contribution is 2.33. The van der Waals surface area contributed by atoms with Crippen LogP contribution < -0.4 is 16.8 Å². The topological polar surface area (TPSA) is 84.3 Å². The average Bonchev–Trinajstić information content (AvgIpc) is 2.61. The predicted molar refractivity (Wildman–Crippen MR) is 102 cm³/mol. The van der Waals surface area contributed by atoms with E-state index in [0.29, 0.717) is 6.54 Å². The number of nitrogens with one attached hydrogen (secondary N) is 1. The van der Waals surface area contributed by atoms with Gasteiger partial charge in [0.2, 0.25) is 0 Å². The second kappa shape index (κ2) is 7.06. The van der Waals surface area contributed by atoms with Crippen molar-refractivity contribution >= 4 is 17.1 Å². The molecule has 0 atom stereocenters. The Labute approximate surface area is 141 Å². The van der Waals surface area contributed by atoms with Crippen molar-refractivity contribution in [1.29, 1.82) is 0 Å². The first kappa shape index (κ1) is 15.9. The lowest BCUT2D eigenvalue weighted by molar-refractivity contribution is 0.311. The molecule has 0 fully saturated rings. The number of benzene rings is 3. The molecule has 0 spiro atoms. The zero-order chi connectivity index (χ0) is 16.9. The molecule has 3 aromatic carbocycles. The maximum Gasteiger partial charge on any atom is 0.0604 e. The fourth-order valence-electron chi connectivity index (χ4n) is 2.65. The zero-order valence-electron chi connectivity index (χ0n) is 13.4.